The van der Waals surface area contributed by atoms with Gasteiger partial charge in [-0.3, -0.25) is 0 Å². The first kappa shape index (κ1) is 54.0. The summed E-state index contributed by atoms with van der Waals surface area (Å²) in [5.74, 6) is 5.83. The molecule has 0 aliphatic carbocycles. The summed E-state index contributed by atoms with van der Waals surface area (Å²) < 4.78 is 76.1. The van der Waals surface area contributed by atoms with Gasteiger partial charge in [0.1, 0.15) is 62.7 Å². The van der Waals surface area contributed by atoms with Crippen molar-refractivity contribution in [2.75, 3.05) is 154 Å². The van der Waals surface area contributed by atoms with Crippen molar-refractivity contribution in [1.82, 2.24) is 45.9 Å². The zero-order chi connectivity index (χ0) is 51.6. The first-order chi connectivity index (χ1) is 36.4. The van der Waals surface area contributed by atoms with Gasteiger partial charge in [-0.1, -0.05) is 12.1 Å². The van der Waals surface area contributed by atoms with Gasteiger partial charge in [-0.25, -0.2) is 38.7 Å². The zero-order valence-corrected chi connectivity index (χ0v) is 41.9. The van der Waals surface area contributed by atoms with E-state index in [0.717, 1.165) is 108 Å². The van der Waals surface area contributed by atoms with Crippen molar-refractivity contribution in [1.29, 1.82) is 0 Å². The van der Waals surface area contributed by atoms with Crippen LogP contribution in [0.3, 0.4) is 0 Å². The summed E-state index contributed by atoms with van der Waals surface area (Å²) in [7, 11) is 4.83. The van der Waals surface area contributed by atoms with Gasteiger partial charge < -0.3 is 73.3 Å². The van der Waals surface area contributed by atoms with Crippen molar-refractivity contribution >= 4 is 17.5 Å². The number of ether oxygens (including phenoxy) is 9. The summed E-state index contributed by atoms with van der Waals surface area (Å²) in [6, 6.07) is 16.0. The van der Waals surface area contributed by atoms with Crippen molar-refractivity contribution in [3.05, 3.63) is 109 Å². The summed E-state index contributed by atoms with van der Waals surface area (Å²) in [4.78, 5) is 32.4. The lowest BCUT2D eigenvalue weighted by Gasteiger charge is -2.28. The highest BCUT2D eigenvalue weighted by molar-refractivity contribution is 5.50. The van der Waals surface area contributed by atoms with E-state index < -0.39 is 11.6 Å². The van der Waals surface area contributed by atoms with E-state index in [1.807, 2.05) is 24.3 Å². The summed E-state index contributed by atoms with van der Waals surface area (Å²) >= 11 is 0. The molecule has 3 saturated heterocycles. The van der Waals surface area contributed by atoms with Gasteiger partial charge in [0.25, 0.3) is 17.6 Å². The molecule has 21 nitrogen and oxygen atoms in total. The second-order valence-electron chi connectivity index (χ2n) is 16.1. The highest BCUT2D eigenvalue weighted by atomic mass is 19.1. The van der Waals surface area contributed by atoms with E-state index >= 15 is 0 Å². The molecule has 6 aromatic rings. The Kier molecular flexibility index (Phi) is 21.7. The first-order valence-corrected chi connectivity index (χ1v) is 24.3. The van der Waals surface area contributed by atoms with Gasteiger partial charge in [-0.15, -0.1) is 0 Å². The second-order valence-corrected chi connectivity index (χ2v) is 16.1. The number of halogens is 2. The van der Waals surface area contributed by atoms with E-state index in [9.17, 15) is 8.78 Å². The maximum Gasteiger partial charge on any atom is 0.257 e. The molecule has 0 radical (unpaired) electrons. The van der Waals surface area contributed by atoms with Crippen LogP contribution < -0.4 is 73.3 Å². The molecule has 0 amide bonds. The Balaban J connectivity index is 0.000000162. The smallest absolute Gasteiger partial charge is 0.257 e. The Labute approximate surface area is 429 Å². The Morgan fingerprint density at radius 1 is 0.405 bits per heavy atom. The molecule has 0 spiro atoms. The number of piperazine rings is 3. The number of nitrogens with zero attached hydrogens (tertiary/aromatic N) is 9. The highest BCUT2D eigenvalue weighted by Crippen LogP contribution is 2.29. The van der Waals surface area contributed by atoms with Gasteiger partial charge in [0.2, 0.25) is 0 Å². The standard InChI is InChI=1S/C18H24N4O4.C17H22N4O3.C16H18F2N4O2/c1-23-14-11-15(24-2)13-16(12-14)25-9-10-26-18-17(20-3-4-21-18)22-7-5-19-6-8-22;1-22-14-4-2-3-5-15(14)23-12-13-24-17-16(19-6-7-20-17)21-10-8-18-9-11-21;17-12-1-2-13(18)14(11-12)23-9-10-24-16-15(20-3-4-21-16)22-7-5-19-6-8-22/h3-4,11-13,19H,5-10H2,1-2H3;2-7,18H,8-13H2,1H3;1-4,11,19H,5-10H2. The van der Waals surface area contributed by atoms with Gasteiger partial charge in [0, 0.05) is 140 Å². The number of benzene rings is 3. The Morgan fingerprint density at radius 3 is 1.22 bits per heavy atom. The van der Waals surface area contributed by atoms with Crippen molar-refractivity contribution in [3.8, 4) is 52.1 Å². The summed E-state index contributed by atoms with van der Waals surface area (Å²) in [6.07, 6.45) is 9.81. The van der Waals surface area contributed by atoms with E-state index in [2.05, 4.69) is 60.6 Å². The Hall–Kier alpha value is -7.76. The number of hydrogen-bond acceptors (Lipinski definition) is 21. The van der Waals surface area contributed by atoms with E-state index in [4.69, 9.17) is 42.6 Å². The predicted molar refractivity (Wildman–Crippen MR) is 273 cm³/mol. The third kappa shape index (κ3) is 16.6. The van der Waals surface area contributed by atoms with Crippen LogP contribution in [0.4, 0.5) is 26.2 Å². The van der Waals surface area contributed by atoms with Crippen LogP contribution in [0.2, 0.25) is 0 Å². The molecule has 396 valence electrons. The minimum atomic E-state index is -0.614. The van der Waals surface area contributed by atoms with Crippen LogP contribution in [0, 0.1) is 11.6 Å². The monoisotopic (exact) mass is 1030 g/mol. The molecule has 0 bridgehead atoms. The summed E-state index contributed by atoms with van der Waals surface area (Å²) in [5, 5.41) is 9.91. The molecule has 6 heterocycles. The fourth-order valence-electron chi connectivity index (χ4n) is 7.61. The van der Waals surface area contributed by atoms with Crippen LogP contribution in [-0.2, 0) is 0 Å². The minimum absolute atomic E-state index is 0.0674. The van der Waals surface area contributed by atoms with Gasteiger partial charge in [-0.2, -0.15) is 0 Å². The number of hydrogen-bond donors (Lipinski definition) is 3. The van der Waals surface area contributed by atoms with Crippen molar-refractivity contribution in [3.63, 3.8) is 0 Å². The molecule has 3 aliphatic rings. The van der Waals surface area contributed by atoms with Crippen LogP contribution in [0.5, 0.6) is 52.1 Å². The molecule has 23 heteroatoms. The van der Waals surface area contributed by atoms with Crippen LogP contribution in [0.1, 0.15) is 0 Å². The molecular weight excluding hydrogens is 963 g/mol. The molecule has 0 saturated carbocycles. The molecule has 3 fully saturated rings. The largest absolute Gasteiger partial charge is 0.496 e. The molecule has 3 N–H and O–H groups in total. The maximum atomic E-state index is 13.5. The third-order valence-corrected chi connectivity index (χ3v) is 11.2. The quantitative estimate of drug-likeness (QED) is 0.0858. The molecular formula is C51H64F2N12O9. The number of nitrogens with one attached hydrogen (secondary N) is 3. The normalized spacial score (nSPS) is 14.3. The van der Waals surface area contributed by atoms with Gasteiger partial charge >= 0.3 is 0 Å². The van der Waals surface area contributed by atoms with Crippen LogP contribution in [0.15, 0.2) is 97.8 Å². The van der Waals surface area contributed by atoms with Crippen LogP contribution in [0.25, 0.3) is 0 Å². The number of methoxy groups -OCH3 is 3. The summed E-state index contributed by atoms with van der Waals surface area (Å²) in [6.45, 7) is 12.4. The molecule has 3 aromatic heterocycles. The van der Waals surface area contributed by atoms with E-state index in [1.54, 1.807) is 76.7 Å². The molecule has 0 unspecified atom stereocenters. The Morgan fingerprint density at radius 2 is 0.784 bits per heavy atom. The number of rotatable bonds is 21. The van der Waals surface area contributed by atoms with Gasteiger partial charge in [-0.05, 0) is 24.3 Å². The fraction of sp³-hybridized carbons (Fsp3) is 0.412. The fourth-order valence-corrected chi connectivity index (χ4v) is 7.61. The third-order valence-electron chi connectivity index (χ3n) is 11.2. The van der Waals surface area contributed by atoms with Crippen molar-refractivity contribution < 1.29 is 51.4 Å². The average Bonchev–Trinajstić information content (AvgIpc) is 3.46. The molecule has 3 aliphatic heterocycles. The Bertz CT molecular complexity index is 2570. The average molecular weight is 1030 g/mol. The van der Waals surface area contributed by atoms with Crippen LogP contribution in [-0.4, -0.2) is 169 Å². The molecule has 0 atom stereocenters. The van der Waals surface area contributed by atoms with E-state index in [0.29, 0.717) is 78.6 Å². The highest BCUT2D eigenvalue weighted by Gasteiger charge is 2.20. The minimum Gasteiger partial charge on any atom is -0.496 e. The molecule has 74 heavy (non-hydrogen) atoms. The molecule has 9 rings (SSSR count). The number of anilines is 3. The summed E-state index contributed by atoms with van der Waals surface area (Å²) in [5.41, 5.74) is 0. The van der Waals surface area contributed by atoms with Gasteiger partial charge in [0.15, 0.2) is 40.5 Å². The predicted octanol–water partition coefficient (Wildman–Crippen LogP) is 4.34. The van der Waals surface area contributed by atoms with Crippen molar-refractivity contribution in [2.45, 2.75) is 0 Å². The molecule has 3 aromatic carbocycles. The topological polar surface area (TPSA) is 206 Å². The van der Waals surface area contributed by atoms with Gasteiger partial charge in [0.05, 0.1) is 21.3 Å². The first-order valence-electron chi connectivity index (χ1n) is 24.3. The number of aromatic nitrogens is 6. The van der Waals surface area contributed by atoms with E-state index in [1.165, 1.54) is 0 Å². The lowest BCUT2D eigenvalue weighted by Crippen LogP contribution is -2.44. The van der Waals surface area contributed by atoms with Crippen molar-refractivity contribution in [2.24, 2.45) is 0 Å². The lowest BCUT2D eigenvalue weighted by atomic mass is 10.3. The lowest BCUT2D eigenvalue weighted by molar-refractivity contribution is 0.206. The zero-order valence-electron chi connectivity index (χ0n) is 41.9. The maximum absolute atomic E-state index is 13.5. The second kappa shape index (κ2) is 29.7. The van der Waals surface area contributed by atoms with Crippen LogP contribution >= 0.6 is 0 Å². The number of para-hydroxylation sites is 2. The SMILES string of the molecule is COc1cc(OC)cc(OCCOc2nccnc2N2CCNCC2)c1.COc1ccccc1OCCOc1nccnc1N1CCNCC1.Fc1ccc(F)c(OCCOc2nccnc2N2CCNCC2)c1. The van der Waals surface area contributed by atoms with E-state index in [-0.39, 0.29) is 19.0 Å².